The van der Waals surface area contributed by atoms with Crippen molar-refractivity contribution in [3.05, 3.63) is 80.3 Å². The first-order chi connectivity index (χ1) is 15.7. The molecule has 3 aromatic rings. The highest BCUT2D eigenvalue weighted by atomic mass is 32.2. The molecule has 0 atom stereocenters. The molecule has 3 rings (SSSR count). The molecule has 0 aliphatic heterocycles. The van der Waals surface area contributed by atoms with Crippen molar-refractivity contribution in [1.29, 1.82) is 0 Å². The topological polar surface area (TPSA) is 155 Å². The second-order valence-corrected chi connectivity index (χ2v) is 8.89. The van der Waals surface area contributed by atoms with E-state index in [-0.39, 0.29) is 34.4 Å². The number of nitrogens with one attached hydrogen (secondary N) is 1. The Hall–Kier alpha value is -3.84. The summed E-state index contributed by atoms with van der Waals surface area (Å²) in [6.07, 6.45) is 0. The third-order valence-corrected chi connectivity index (χ3v) is 6.32. The minimum absolute atomic E-state index is 0.0699. The molecule has 0 radical (unpaired) electrons. The molecule has 0 saturated heterocycles. The number of benzene rings is 2. The van der Waals surface area contributed by atoms with Crippen LogP contribution in [0, 0.1) is 10.1 Å². The van der Waals surface area contributed by atoms with Crippen molar-refractivity contribution in [2.75, 3.05) is 11.3 Å². The number of hydrogen-bond acceptors (Lipinski definition) is 10. The van der Waals surface area contributed by atoms with Crippen LogP contribution in [0.2, 0.25) is 0 Å². The number of thiazole rings is 1. The number of carbonyl (C=O) groups excluding carboxylic acids is 2. The van der Waals surface area contributed by atoms with Gasteiger partial charge in [0.05, 0.1) is 33.4 Å². The number of non-ortho nitro benzene ring substituents is 1. The fourth-order valence-electron chi connectivity index (χ4n) is 2.60. The number of esters is 2. The van der Waals surface area contributed by atoms with Gasteiger partial charge < -0.3 is 9.47 Å². The number of nitro groups is 1. The van der Waals surface area contributed by atoms with Gasteiger partial charge in [0.2, 0.25) is 5.01 Å². The van der Waals surface area contributed by atoms with Gasteiger partial charge in [0.15, 0.2) is 0 Å². The van der Waals surface area contributed by atoms with E-state index >= 15 is 0 Å². The summed E-state index contributed by atoms with van der Waals surface area (Å²) >= 11 is 1.04. The van der Waals surface area contributed by atoms with E-state index in [2.05, 4.69) is 9.71 Å². The van der Waals surface area contributed by atoms with Crippen LogP contribution in [0.3, 0.4) is 0 Å². The van der Waals surface area contributed by atoms with E-state index in [9.17, 15) is 28.1 Å². The van der Waals surface area contributed by atoms with Crippen molar-refractivity contribution in [2.45, 2.75) is 18.4 Å². The molecule has 0 unspecified atom stereocenters. The maximum absolute atomic E-state index is 12.7. The van der Waals surface area contributed by atoms with Gasteiger partial charge in [-0.05, 0) is 25.1 Å². The highest BCUT2D eigenvalue weighted by Gasteiger charge is 2.22. The van der Waals surface area contributed by atoms with E-state index in [1.165, 1.54) is 41.8 Å². The van der Waals surface area contributed by atoms with Gasteiger partial charge in [-0.2, -0.15) is 0 Å². The van der Waals surface area contributed by atoms with Gasteiger partial charge in [-0.3, -0.25) is 14.8 Å². The van der Waals surface area contributed by atoms with Gasteiger partial charge in [-0.25, -0.2) is 23.0 Å². The van der Waals surface area contributed by atoms with Crippen LogP contribution in [0.15, 0.2) is 58.8 Å². The summed E-state index contributed by atoms with van der Waals surface area (Å²) in [5.41, 5.74) is -0.214. The Morgan fingerprint density at radius 1 is 1.12 bits per heavy atom. The normalized spacial score (nSPS) is 10.9. The summed E-state index contributed by atoms with van der Waals surface area (Å²) in [4.78, 5) is 38.2. The Morgan fingerprint density at radius 2 is 1.88 bits per heavy atom. The predicted molar refractivity (Wildman–Crippen MR) is 118 cm³/mol. The zero-order chi connectivity index (χ0) is 24.0. The van der Waals surface area contributed by atoms with E-state index < -0.39 is 32.6 Å². The third kappa shape index (κ3) is 5.90. The lowest BCUT2D eigenvalue weighted by molar-refractivity contribution is -0.385. The molecule has 0 bridgehead atoms. The van der Waals surface area contributed by atoms with Crippen molar-refractivity contribution >= 4 is 44.7 Å². The highest BCUT2D eigenvalue weighted by molar-refractivity contribution is 7.92. The number of nitro benzene ring substituents is 1. The standard InChI is InChI=1S/C20H17N3O8S2/c1-2-30-20(25)18-21-13(12-32-18)11-31-19(24)16-8-3-4-9-17(16)22-33(28,29)15-7-5-6-14(10-15)23(26)27/h3-10,12,22H,2,11H2,1H3. The van der Waals surface area contributed by atoms with Crippen LogP contribution in [0.25, 0.3) is 0 Å². The zero-order valence-corrected chi connectivity index (χ0v) is 18.7. The van der Waals surface area contributed by atoms with Crippen molar-refractivity contribution in [2.24, 2.45) is 0 Å². The number of nitrogens with zero attached hydrogens (tertiary/aromatic N) is 2. The summed E-state index contributed by atoms with van der Waals surface area (Å²) in [6, 6.07) is 10.2. The smallest absolute Gasteiger partial charge is 0.367 e. The van der Waals surface area contributed by atoms with Gasteiger partial charge in [0, 0.05) is 17.5 Å². The SMILES string of the molecule is CCOC(=O)c1nc(COC(=O)c2ccccc2NS(=O)(=O)c2cccc([N+](=O)[O-])c2)cs1. The first-order valence-corrected chi connectivity index (χ1v) is 11.7. The van der Waals surface area contributed by atoms with Crippen molar-refractivity contribution < 1.29 is 32.4 Å². The van der Waals surface area contributed by atoms with E-state index in [0.717, 1.165) is 23.5 Å². The van der Waals surface area contributed by atoms with Crippen LogP contribution in [-0.4, -0.2) is 36.9 Å². The minimum atomic E-state index is -4.23. The van der Waals surface area contributed by atoms with Crippen molar-refractivity contribution in [1.82, 2.24) is 4.98 Å². The lowest BCUT2D eigenvalue weighted by atomic mass is 10.2. The molecule has 2 aromatic carbocycles. The Labute approximate surface area is 192 Å². The largest absolute Gasteiger partial charge is 0.461 e. The van der Waals surface area contributed by atoms with Crippen molar-refractivity contribution in [3.63, 3.8) is 0 Å². The summed E-state index contributed by atoms with van der Waals surface area (Å²) < 4.78 is 37.7. The average molecular weight is 492 g/mol. The van der Waals surface area contributed by atoms with Gasteiger partial charge in [0.1, 0.15) is 6.61 Å². The zero-order valence-electron chi connectivity index (χ0n) is 17.1. The lowest BCUT2D eigenvalue weighted by Crippen LogP contribution is -2.16. The molecular formula is C20H17N3O8S2. The number of anilines is 1. The van der Waals surface area contributed by atoms with Crippen LogP contribution in [0.5, 0.6) is 0 Å². The Morgan fingerprint density at radius 3 is 2.61 bits per heavy atom. The van der Waals surface area contributed by atoms with Crippen molar-refractivity contribution in [3.8, 4) is 0 Å². The number of carbonyl (C=O) groups is 2. The molecular weight excluding hydrogens is 474 g/mol. The number of sulfonamides is 1. The Bertz CT molecular complexity index is 1300. The van der Waals surface area contributed by atoms with E-state index in [1.54, 1.807) is 6.92 Å². The summed E-state index contributed by atoms with van der Waals surface area (Å²) in [7, 11) is -4.23. The third-order valence-electron chi connectivity index (χ3n) is 4.08. The monoisotopic (exact) mass is 491 g/mol. The highest BCUT2D eigenvalue weighted by Crippen LogP contribution is 2.24. The van der Waals surface area contributed by atoms with Crippen LogP contribution in [0.1, 0.15) is 32.8 Å². The molecule has 1 aromatic heterocycles. The molecule has 0 aliphatic rings. The summed E-state index contributed by atoms with van der Waals surface area (Å²) in [5.74, 6) is -1.42. The number of hydrogen-bond donors (Lipinski definition) is 1. The van der Waals surface area contributed by atoms with Crippen LogP contribution in [-0.2, 0) is 26.1 Å². The van der Waals surface area contributed by atoms with E-state index in [4.69, 9.17) is 9.47 Å². The van der Waals surface area contributed by atoms with E-state index in [1.807, 2.05) is 0 Å². The number of para-hydroxylation sites is 1. The Balaban J connectivity index is 1.75. The fraction of sp³-hybridized carbons (Fsp3) is 0.150. The first kappa shape index (κ1) is 23.8. The van der Waals surface area contributed by atoms with Gasteiger partial charge in [0.25, 0.3) is 15.7 Å². The summed E-state index contributed by atoms with van der Waals surface area (Å²) in [5, 5.41) is 12.6. The number of ether oxygens (including phenoxy) is 2. The second kappa shape index (κ2) is 10.2. The number of rotatable bonds is 9. The first-order valence-electron chi connectivity index (χ1n) is 9.36. The lowest BCUT2D eigenvalue weighted by Gasteiger charge is -2.12. The van der Waals surface area contributed by atoms with Gasteiger partial charge in [-0.1, -0.05) is 18.2 Å². The molecule has 172 valence electrons. The Kier molecular flexibility index (Phi) is 7.35. The molecule has 1 N–H and O–H groups in total. The molecule has 1 heterocycles. The summed E-state index contributed by atoms with van der Waals surface area (Å²) in [6.45, 7) is 1.62. The quantitative estimate of drug-likeness (QED) is 0.269. The fourth-order valence-corrected chi connectivity index (χ4v) is 4.41. The second-order valence-electron chi connectivity index (χ2n) is 6.35. The maximum Gasteiger partial charge on any atom is 0.367 e. The molecule has 0 saturated carbocycles. The molecule has 0 amide bonds. The predicted octanol–water partition coefficient (Wildman–Crippen LogP) is 3.39. The average Bonchev–Trinajstić information content (AvgIpc) is 3.27. The molecule has 13 heteroatoms. The van der Waals surface area contributed by atoms with Gasteiger partial charge in [-0.15, -0.1) is 11.3 Å². The molecule has 0 aliphatic carbocycles. The van der Waals surface area contributed by atoms with Gasteiger partial charge >= 0.3 is 11.9 Å². The molecule has 33 heavy (non-hydrogen) atoms. The van der Waals surface area contributed by atoms with Crippen LogP contribution >= 0.6 is 11.3 Å². The molecule has 0 spiro atoms. The minimum Gasteiger partial charge on any atom is -0.461 e. The molecule has 0 fully saturated rings. The van der Waals surface area contributed by atoms with Crippen LogP contribution in [0.4, 0.5) is 11.4 Å². The number of aromatic nitrogens is 1. The van der Waals surface area contributed by atoms with Crippen LogP contribution < -0.4 is 4.72 Å². The maximum atomic E-state index is 12.7. The molecule has 11 nitrogen and oxygen atoms in total. The van der Waals surface area contributed by atoms with E-state index in [0.29, 0.717) is 5.69 Å².